The summed E-state index contributed by atoms with van der Waals surface area (Å²) in [5.41, 5.74) is 0.516. The zero-order chi connectivity index (χ0) is 12.8. The average molecular weight is 245 g/mol. The summed E-state index contributed by atoms with van der Waals surface area (Å²) in [6.45, 7) is 0.862. The van der Waals surface area contributed by atoms with Crippen LogP contribution in [0.5, 0.6) is 5.88 Å². The third-order valence-corrected chi connectivity index (χ3v) is 2.05. The summed E-state index contributed by atoms with van der Waals surface area (Å²) in [5.74, 6) is 3.70. The first kappa shape index (κ1) is 12.0. The van der Waals surface area contributed by atoms with Crippen LogP contribution in [0.15, 0.2) is 16.7 Å². The van der Waals surface area contributed by atoms with Crippen LogP contribution in [0, 0.1) is 12.3 Å². The van der Waals surface area contributed by atoms with Crippen LogP contribution in [0.4, 0.5) is 0 Å². The van der Waals surface area contributed by atoms with Crippen molar-refractivity contribution in [3.05, 3.63) is 18.0 Å². The Morgan fingerprint density at radius 3 is 3.00 bits per heavy atom. The highest BCUT2D eigenvalue weighted by Gasteiger charge is 2.10. The van der Waals surface area contributed by atoms with Crippen molar-refractivity contribution in [3.8, 4) is 29.7 Å². The molecule has 0 saturated heterocycles. The molecule has 0 atom stereocenters. The Bertz CT molecular complexity index is 543. The normalized spacial score (nSPS) is 10.0. The van der Waals surface area contributed by atoms with Gasteiger partial charge in [-0.3, -0.25) is 5.32 Å². The van der Waals surface area contributed by atoms with Crippen molar-refractivity contribution in [3.63, 3.8) is 0 Å². The monoisotopic (exact) mass is 245 g/mol. The summed E-state index contributed by atoms with van der Waals surface area (Å²) in [6.07, 6.45) is 5.11. The molecule has 0 spiro atoms. The van der Waals surface area contributed by atoms with Crippen molar-refractivity contribution in [2.75, 3.05) is 13.7 Å². The standard InChI is InChI=1S/C11H11N5O2/c1-3-6-12-7-10-13-11(16-18-10)8-4-5-9(17-2)15-14-8/h1,4-5,12H,6-7H2,2H3. The number of hydrogen-bond donors (Lipinski definition) is 1. The first-order valence-electron chi connectivity index (χ1n) is 5.18. The number of nitrogens with zero attached hydrogens (tertiary/aromatic N) is 4. The van der Waals surface area contributed by atoms with E-state index in [1.54, 1.807) is 12.1 Å². The third-order valence-electron chi connectivity index (χ3n) is 2.05. The number of terminal acetylenes is 1. The van der Waals surface area contributed by atoms with E-state index in [2.05, 4.69) is 31.6 Å². The van der Waals surface area contributed by atoms with E-state index in [4.69, 9.17) is 15.7 Å². The summed E-state index contributed by atoms with van der Waals surface area (Å²) in [5, 5.41) is 14.5. The molecular formula is C11H11N5O2. The quantitative estimate of drug-likeness (QED) is 0.597. The van der Waals surface area contributed by atoms with Crippen LogP contribution < -0.4 is 10.1 Å². The van der Waals surface area contributed by atoms with Crippen molar-refractivity contribution in [1.29, 1.82) is 0 Å². The molecule has 0 amide bonds. The molecule has 18 heavy (non-hydrogen) atoms. The van der Waals surface area contributed by atoms with Crippen LogP contribution in [0.2, 0.25) is 0 Å². The maximum Gasteiger partial charge on any atom is 0.240 e. The number of hydrogen-bond acceptors (Lipinski definition) is 7. The van der Waals surface area contributed by atoms with Crippen molar-refractivity contribution in [2.24, 2.45) is 0 Å². The molecule has 0 unspecified atom stereocenters. The van der Waals surface area contributed by atoms with Crippen LogP contribution in [0.1, 0.15) is 5.89 Å². The van der Waals surface area contributed by atoms with Gasteiger partial charge < -0.3 is 9.26 Å². The van der Waals surface area contributed by atoms with Gasteiger partial charge in [0.05, 0.1) is 20.2 Å². The molecule has 0 saturated carbocycles. The van der Waals surface area contributed by atoms with Gasteiger partial charge in [0.15, 0.2) is 0 Å². The summed E-state index contributed by atoms with van der Waals surface area (Å²) in [6, 6.07) is 3.38. The Balaban J connectivity index is 2.06. The molecule has 0 aliphatic rings. The minimum atomic E-state index is 0.377. The van der Waals surface area contributed by atoms with Gasteiger partial charge in [-0.15, -0.1) is 16.6 Å². The van der Waals surface area contributed by atoms with E-state index >= 15 is 0 Å². The molecule has 7 nitrogen and oxygen atoms in total. The van der Waals surface area contributed by atoms with Crippen LogP contribution in [-0.4, -0.2) is 34.0 Å². The zero-order valence-corrected chi connectivity index (χ0v) is 9.75. The smallest absolute Gasteiger partial charge is 0.240 e. The predicted octanol–water partition coefficient (Wildman–Crippen LogP) is 0.258. The maximum absolute atomic E-state index is 5.11. The topological polar surface area (TPSA) is 86.0 Å². The largest absolute Gasteiger partial charge is 0.480 e. The van der Waals surface area contributed by atoms with E-state index in [1.165, 1.54) is 7.11 Å². The van der Waals surface area contributed by atoms with Gasteiger partial charge in [-0.25, -0.2) is 0 Å². The SMILES string of the molecule is C#CCNCc1nc(-c2ccc(OC)nn2)no1. The lowest BCUT2D eigenvalue weighted by Crippen LogP contribution is -2.13. The molecule has 0 radical (unpaired) electrons. The summed E-state index contributed by atoms with van der Waals surface area (Å²) < 4.78 is 9.94. The lowest BCUT2D eigenvalue weighted by atomic mass is 10.4. The summed E-state index contributed by atoms with van der Waals surface area (Å²) in [4.78, 5) is 4.16. The first-order chi connectivity index (χ1) is 8.83. The summed E-state index contributed by atoms with van der Waals surface area (Å²) >= 11 is 0. The van der Waals surface area contributed by atoms with Crippen molar-refractivity contribution in [2.45, 2.75) is 6.54 Å². The van der Waals surface area contributed by atoms with Gasteiger partial charge in [0.2, 0.25) is 17.6 Å². The van der Waals surface area contributed by atoms with Crippen LogP contribution in [-0.2, 0) is 6.54 Å². The van der Waals surface area contributed by atoms with E-state index in [1.807, 2.05) is 0 Å². The molecule has 0 aliphatic heterocycles. The Morgan fingerprint density at radius 2 is 2.33 bits per heavy atom. The Labute approximate surface area is 104 Å². The molecule has 0 aliphatic carbocycles. The Morgan fingerprint density at radius 1 is 1.44 bits per heavy atom. The molecular weight excluding hydrogens is 234 g/mol. The van der Waals surface area contributed by atoms with Gasteiger partial charge in [-0.1, -0.05) is 11.1 Å². The highest BCUT2D eigenvalue weighted by Crippen LogP contribution is 2.14. The second-order valence-corrected chi connectivity index (χ2v) is 3.28. The molecule has 2 heterocycles. The molecule has 0 fully saturated rings. The minimum absolute atomic E-state index is 0.377. The average Bonchev–Trinajstić information content (AvgIpc) is 2.88. The van der Waals surface area contributed by atoms with Crippen molar-refractivity contribution < 1.29 is 9.26 Å². The summed E-state index contributed by atoms with van der Waals surface area (Å²) in [7, 11) is 1.52. The fourth-order valence-electron chi connectivity index (χ4n) is 1.22. The van der Waals surface area contributed by atoms with Gasteiger partial charge in [0.25, 0.3) is 0 Å². The molecule has 7 heteroatoms. The van der Waals surface area contributed by atoms with E-state index in [9.17, 15) is 0 Å². The number of rotatable bonds is 5. The highest BCUT2D eigenvalue weighted by molar-refractivity contribution is 5.47. The van der Waals surface area contributed by atoms with Gasteiger partial charge in [0.1, 0.15) is 5.69 Å². The van der Waals surface area contributed by atoms with E-state index in [-0.39, 0.29) is 0 Å². The fourth-order valence-corrected chi connectivity index (χ4v) is 1.22. The lowest BCUT2D eigenvalue weighted by molar-refractivity contribution is 0.370. The zero-order valence-electron chi connectivity index (χ0n) is 9.75. The van der Waals surface area contributed by atoms with Crippen LogP contribution in [0.25, 0.3) is 11.5 Å². The molecule has 2 aromatic rings. The first-order valence-corrected chi connectivity index (χ1v) is 5.18. The Kier molecular flexibility index (Phi) is 3.83. The molecule has 2 rings (SSSR count). The minimum Gasteiger partial charge on any atom is -0.480 e. The van der Waals surface area contributed by atoms with Gasteiger partial charge in [-0.05, 0) is 6.07 Å². The van der Waals surface area contributed by atoms with Crippen molar-refractivity contribution in [1.82, 2.24) is 25.7 Å². The molecule has 0 bridgehead atoms. The van der Waals surface area contributed by atoms with Gasteiger partial charge >= 0.3 is 0 Å². The number of aromatic nitrogens is 4. The second kappa shape index (κ2) is 5.75. The number of nitrogens with one attached hydrogen (secondary N) is 1. The van der Waals surface area contributed by atoms with Crippen LogP contribution >= 0.6 is 0 Å². The maximum atomic E-state index is 5.11. The van der Waals surface area contributed by atoms with E-state index in [0.717, 1.165) is 0 Å². The molecule has 92 valence electrons. The fraction of sp³-hybridized carbons (Fsp3) is 0.273. The molecule has 0 aromatic carbocycles. The molecule has 1 N–H and O–H groups in total. The van der Waals surface area contributed by atoms with E-state index < -0.39 is 0 Å². The van der Waals surface area contributed by atoms with Gasteiger partial charge in [-0.2, -0.15) is 4.98 Å². The third kappa shape index (κ3) is 2.81. The molecule has 2 aromatic heterocycles. The predicted molar refractivity (Wildman–Crippen MR) is 62.4 cm³/mol. The van der Waals surface area contributed by atoms with E-state index in [0.29, 0.717) is 36.4 Å². The lowest BCUT2D eigenvalue weighted by Gasteiger charge is -1.96. The number of methoxy groups -OCH3 is 1. The van der Waals surface area contributed by atoms with Gasteiger partial charge in [0, 0.05) is 6.07 Å². The Hall–Kier alpha value is -2.46. The van der Waals surface area contributed by atoms with Crippen LogP contribution in [0.3, 0.4) is 0 Å². The van der Waals surface area contributed by atoms with Crippen molar-refractivity contribution >= 4 is 0 Å². The number of ether oxygens (including phenoxy) is 1. The highest BCUT2D eigenvalue weighted by atomic mass is 16.5. The second-order valence-electron chi connectivity index (χ2n) is 3.28.